The molecular formula is C5H12PS. The maximum Gasteiger partial charge on any atom is -0.0108 e. The van der Waals surface area contributed by atoms with Crippen molar-refractivity contribution in [1.82, 2.24) is 0 Å². The monoisotopic (exact) mass is 135 g/mol. The van der Waals surface area contributed by atoms with Crippen molar-refractivity contribution in [3.05, 3.63) is 0 Å². The van der Waals surface area contributed by atoms with Crippen LogP contribution in [0.1, 0.15) is 26.2 Å². The van der Waals surface area contributed by atoms with E-state index in [-0.39, 0.29) is 0 Å². The van der Waals surface area contributed by atoms with E-state index in [4.69, 9.17) is 11.8 Å². The molecule has 0 amide bonds. The largest absolute Gasteiger partial charge is 0.0954 e. The number of hydrogen-bond donors (Lipinski definition) is 0. The Morgan fingerprint density at radius 3 is 2.57 bits per heavy atom. The van der Waals surface area contributed by atoms with Crippen LogP contribution < -0.4 is 0 Å². The van der Waals surface area contributed by atoms with E-state index in [1.54, 1.807) is 0 Å². The van der Waals surface area contributed by atoms with Crippen LogP contribution in [0.25, 0.3) is 0 Å². The second-order valence-corrected chi connectivity index (χ2v) is 3.26. The number of rotatable bonds is 4. The molecule has 1 unspecified atom stereocenters. The first kappa shape index (κ1) is 7.52. The molecule has 1 radical (unpaired) electrons. The first-order valence-electron chi connectivity index (χ1n) is 2.76. The summed E-state index contributed by atoms with van der Waals surface area (Å²) in [6, 6.07) is 0. The molecular weight excluding hydrogens is 123 g/mol. The Bertz CT molecular complexity index is 45.3. The molecule has 0 saturated heterocycles. The summed E-state index contributed by atoms with van der Waals surface area (Å²) in [5, 5.41) is 0. The highest BCUT2D eigenvalue weighted by Gasteiger charge is 1.78. The van der Waals surface area contributed by atoms with Gasteiger partial charge in [0.2, 0.25) is 0 Å². The van der Waals surface area contributed by atoms with E-state index in [0.29, 0.717) is 0 Å². The molecule has 7 heavy (non-hydrogen) atoms. The predicted octanol–water partition coefficient (Wildman–Crippen LogP) is 2.32. The summed E-state index contributed by atoms with van der Waals surface area (Å²) in [5.41, 5.74) is 0. The summed E-state index contributed by atoms with van der Waals surface area (Å²) < 4.78 is 0. The maximum atomic E-state index is 4.79. The fourth-order valence-corrected chi connectivity index (χ4v) is 1.27. The number of hydrogen-bond acceptors (Lipinski definition) is 1. The van der Waals surface area contributed by atoms with Crippen molar-refractivity contribution < 1.29 is 0 Å². The van der Waals surface area contributed by atoms with Gasteiger partial charge in [0.05, 0.1) is 0 Å². The van der Waals surface area contributed by atoms with Crippen LogP contribution in [0.15, 0.2) is 0 Å². The van der Waals surface area contributed by atoms with Crippen LogP contribution in [0.5, 0.6) is 0 Å². The molecule has 0 bridgehead atoms. The second kappa shape index (κ2) is 6.52. The number of unbranched alkanes of at least 4 members (excludes halogenated alkanes) is 2. The van der Waals surface area contributed by atoms with Crippen LogP contribution in [0.4, 0.5) is 0 Å². The summed E-state index contributed by atoms with van der Waals surface area (Å²) in [5.74, 6) is 0. The van der Waals surface area contributed by atoms with E-state index in [0.717, 1.165) is 7.36 Å². The SMILES string of the molecule is CCCCC[PH]=S. The lowest BCUT2D eigenvalue weighted by Crippen LogP contribution is -1.71. The molecule has 0 aliphatic heterocycles. The zero-order valence-electron chi connectivity index (χ0n) is 4.74. The molecule has 0 aromatic rings. The van der Waals surface area contributed by atoms with Gasteiger partial charge in [0, 0.05) is 0 Å². The molecule has 0 aliphatic rings. The Kier molecular flexibility index (Phi) is 7.00. The van der Waals surface area contributed by atoms with Crippen molar-refractivity contribution >= 4 is 19.2 Å². The van der Waals surface area contributed by atoms with Crippen LogP contribution in [0.3, 0.4) is 0 Å². The van der Waals surface area contributed by atoms with Gasteiger partial charge in [-0.1, -0.05) is 38.9 Å². The quantitative estimate of drug-likeness (QED) is 0.421. The lowest BCUT2D eigenvalue weighted by atomic mass is 10.3. The van der Waals surface area contributed by atoms with Crippen molar-refractivity contribution in [2.75, 3.05) is 6.16 Å². The van der Waals surface area contributed by atoms with Gasteiger partial charge in [-0.3, -0.25) is 0 Å². The molecule has 0 aliphatic carbocycles. The summed E-state index contributed by atoms with van der Waals surface area (Å²) in [6.45, 7) is 2.21. The van der Waals surface area contributed by atoms with Crippen LogP contribution in [-0.2, 0) is 11.8 Å². The van der Waals surface area contributed by atoms with Crippen molar-refractivity contribution in [2.24, 2.45) is 0 Å². The third-order valence-corrected chi connectivity index (χ3v) is 2.05. The zero-order chi connectivity index (χ0) is 5.54. The predicted molar refractivity (Wildman–Crippen MR) is 40.1 cm³/mol. The lowest BCUT2D eigenvalue weighted by Gasteiger charge is -1.87. The Morgan fingerprint density at radius 2 is 2.14 bits per heavy atom. The molecule has 2 heteroatoms. The normalized spacial score (nSPS) is 9.86. The van der Waals surface area contributed by atoms with Gasteiger partial charge in [0.15, 0.2) is 0 Å². The average Bonchev–Trinajstić information content (AvgIpc) is 1.69. The maximum absolute atomic E-state index is 4.79. The minimum absolute atomic E-state index is 0.751. The van der Waals surface area contributed by atoms with Gasteiger partial charge in [0.25, 0.3) is 0 Å². The van der Waals surface area contributed by atoms with Gasteiger partial charge in [-0.05, 0) is 12.6 Å². The van der Waals surface area contributed by atoms with Crippen molar-refractivity contribution in [3.63, 3.8) is 0 Å². The summed E-state index contributed by atoms with van der Waals surface area (Å²) in [7, 11) is 0.751. The Balaban J connectivity index is 2.56. The van der Waals surface area contributed by atoms with Gasteiger partial charge in [-0.25, -0.2) is 0 Å². The van der Waals surface area contributed by atoms with E-state index in [2.05, 4.69) is 6.92 Å². The van der Waals surface area contributed by atoms with E-state index in [1.807, 2.05) is 0 Å². The smallest absolute Gasteiger partial charge is 0.0108 e. The van der Waals surface area contributed by atoms with E-state index >= 15 is 0 Å². The van der Waals surface area contributed by atoms with Crippen LogP contribution in [0.2, 0.25) is 0 Å². The minimum Gasteiger partial charge on any atom is -0.0954 e. The second-order valence-electron chi connectivity index (χ2n) is 1.60. The van der Waals surface area contributed by atoms with Gasteiger partial charge in [-0.15, -0.1) is 0 Å². The Hall–Kier alpha value is 0.520. The molecule has 0 aromatic carbocycles. The summed E-state index contributed by atoms with van der Waals surface area (Å²) in [4.78, 5) is 0. The average molecular weight is 135 g/mol. The first-order chi connectivity index (χ1) is 3.41. The highest BCUT2D eigenvalue weighted by Crippen LogP contribution is 2.00. The van der Waals surface area contributed by atoms with Crippen molar-refractivity contribution in [3.8, 4) is 0 Å². The molecule has 0 nitrogen and oxygen atoms in total. The molecule has 0 heterocycles. The summed E-state index contributed by atoms with van der Waals surface area (Å²) >= 11 is 4.79. The third kappa shape index (κ3) is 6.52. The molecule has 0 N–H and O–H groups in total. The standard InChI is InChI=1S/C5H12PS/c1-2-3-4-5-6-7/h6H,2-5H2,1H3. The molecule has 0 rings (SSSR count). The molecule has 1 atom stereocenters. The van der Waals surface area contributed by atoms with Gasteiger partial charge >= 0.3 is 0 Å². The fraction of sp³-hybridized carbons (Fsp3) is 1.00. The third-order valence-electron chi connectivity index (χ3n) is 0.882. The fourth-order valence-electron chi connectivity index (χ4n) is 0.447. The van der Waals surface area contributed by atoms with Gasteiger partial charge < -0.3 is 0 Å². The van der Waals surface area contributed by atoms with E-state index in [9.17, 15) is 0 Å². The molecule has 0 saturated carbocycles. The highest BCUT2D eigenvalue weighted by molar-refractivity contribution is 7.96. The topological polar surface area (TPSA) is 0 Å². The van der Waals surface area contributed by atoms with Crippen LogP contribution in [-0.4, -0.2) is 6.16 Å². The van der Waals surface area contributed by atoms with Gasteiger partial charge in [0.1, 0.15) is 0 Å². The highest BCUT2D eigenvalue weighted by atomic mass is 32.4. The van der Waals surface area contributed by atoms with E-state index < -0.39 is 0 Å². The lowest BCUT2D eigenvalue weighted by molar-refractivity contribution is 0.778. The van der Waals surface area contributed by atoms with E-state index in [1.165, 1.54) is 25.4 Å². The summed E-state index contributed by atoms with van der Waals surface area (Å²) in [6.07, 6.45) is 5.30. The Morgan fingerprint density at radius 1 is 1.43 bits per heavy atom. The molecule has 0 aromatic heterocycles. The first-order valence-corrected chi connectivity index (χ1v) is 5.10. The Labute approximate surface area is 52.1 Å². The van der Waals surface area contributed by atoms with Crippen molar-refractivity contribution in [2.45, 2.75) is 26.2 Å². The zero-order valence-corrected chi connectivity index (χ0v) is 6.55. The van der Waals surface area contributed by atoms with Crippen LogP contribution >= 0.6 is 7.36 Å². The van der Waals surface area contributed by atoms with Gasteiger partial charge in [-0.2, -0.15) is 0 Å². The van der Waals surface area contributed by atoms with Crippen LogP contribution in [0, 0.1) is 0 Å². The molecule has 0 fully saturated rings. The molecule has 43 valence electrons. The van der Waals surface area contributed by atoms with Crippen molar-refractivity contribution in [1.29, 1.82) is 0 Å². The minimum atomic E-state index is 0.751. The molecule has 0 spiro atoms.